The van der Waals surface area contributed by atoms with Crippen molar-refractivity contribution in [3.05, 3.63) is 35.4 Å². The molecule has 0 spiro atoms. The second-order valence-electron chi connectivity index (χ2n) is 5.03. The summed E-state index contributed by atoms with van der Waals surface area (Å²) in [6, 6.07) is 8.67. The van der Waals surface area contributed by atoms with Crippen LogP contribution in [0.2, 0.25) is 0 Å². The summed E-state index contributed by atoms with van der Waals surface area (Å²) in [5.41, 5.74) is 2.94. The fraction of sp³-hybridized carbons (Fsp3) is 0.533. The lowest BCUT2D eigenvalue weighted by atomic mass is 10.00. The van der Waals surface area contributed by atoms with Crippen LogP contribution in [0.5, 0.6) is 0 Å². The molecule has 1 aliphatic heterocycles. The van der Waals surface area contributed by atoms with E-state index in [1.165, 1.54) is 11.1 Å². The van der Waals surface area contributed by atoms with E-state index in [0.29, 0.717) is 6.54 Å². The summed E-state index contributed by atoms with van der Waals surface area (Å²) in [6.45, 7) is 4.38. The third kappa shape index (κ3) is 4.33. The summed E-state index contributed by atoms with van der Waals surface area (Å²) in [5, 5.41) is 5.76. The minimum absolute atomic E-state index is 0.0755. The van der Waals surface area contributed by atoms with Gasteiger partial charge in [-0.3, -0.25) is 9.69 Å². The van der Waals surface area contributed by atoms with Gasteiger partial charge in [0.25, 0.3) is 0 Å². The van der Waals surface area contributed by atoms with Gasteiger partial charge in [0, 0.05) is 26.2 Å². The Kier molecular flexibility index (Phi) is 5.36. The van der Waals surface area contributed by atoms with Crippen molar-refractivity contribution in [3.8, 4) is 0 Å². The fourth-order valence-corrected chi connectivity index (χ4v) is 2.50. The second-order valence-corrected chi connectivity index (χ2v) is 5.03. The molecule has 1 aromatic carbocycles. The molecule has 0 unspecified atom stereocenters. The fourth-order valence-electron chi connectivity index (χ4n) is 2.50. The molecule has 1 aliphatic rings. The topological polar surface area (TPSA) is 44.4 Å². The van der Waals surface area contributed by atoms with Gasteiger partial charge in [-0.1, -0.05) is 24.3 Å². The second kappa shape index (κ2) is 7.26. The molecule has 0 aliphatic carbocycles. The lowest BCUT2D eigenvalue weighted by Crippen LogP contribution is -2.36. The van der Waals surface area contributed by atoms with Crippen molar-refractivity contribution in [1.29, 1.82) is 0 Å². The Morgan fingerprint density at radius 3 is 2.89 bits per heavy atom. The zero-order chi connectivity index (χ0) is 13.5. The van der Waals surface area contributed by atoms with Gasteiger partial charge in [0.2, 0.25) is 5.91 Å². The Morgan fingerprint density at radius 2 is 2.11 bits per heavy atom. The molecule has 0 bridgehead atoms. The van der Waals surface area contributed by atoms with Gasteiger partial charge < -0.3 is 10.6 Å². The van der Waals surface area contributed by atoms with E-state index in [-0.39, 0.29) is 5.91 Å². The maximum atomic E-state index is 11.3. The van der Waals surface area contributed by atoms with Crippen LogP contribution in [0.25, 0.3) is 0 Å². The maximum absolute atomic E-state index is 11.3. The number of carbonyl (C=O) groups excluding carboxylic acids is 1. The molecule has 0 aromatic heterocycles. The molecular weight excluding hydrogens is 238 g/mol. The van der Waals surface area contributed by atoms with Crippen molar-refractivity contribution in [2.75, 3.05) is 33.2 Å². The van der Waals surface area contributed by atoms with E-state index >= 15 is 0 Å². The van der Waals surface area contributed by atoms with E-state index in [4.69, 9.17) is 0 Å². The first-order valence-electron chi connectivity index (χ1n) is 7.00. The quantitative estimate of drug-likeness (QED) is 0.744. The van der Waals surface area contributed by atoms with Crippen molar-refractivity contribution >= 4 is 5.91 Å². The molecule has 1 aromatic rings. The SMILES string of the molecule is CNCC(=O)NCCCN1CCc2ccccc2C1. The van der Waals surface area contributed by atoms with Crippen LogP contribution in [-0.2, 0) is 17.8 Å². The third-order valence-electron chi connectivity index (χ3n) is 3.52. The Bertz CT molecular complexity index is 420. The molecule has 0 atom stereocenters. The minimum atomic E-state index is 0.0755. The highest BCUT2D eigenvalue weighted by atomic mass is 16.1. The van der Waals surface area contributed by atoms with Crippen LogP contribution >= 0.6 is 0 Å². The van der Waals surface area contributed by atoms with E-state index in [1.54, 1.807) is 7.05 Å². The summed E-state index contributed by atoms with van der Waals surface area (Å²) in [5.74, 6) is 0.0755. The van der Waals surface area contributed by atoms with E-state index < -0.39 is 0 Å². The summed E-state index contributed by atoms with van der Waals surface area (Å²) in [4.78, 5) is 13.7. The van der Waals surface area contributed by atoms with Crippen molar-refractivity contribution in [3.63, 3.8) is 0 Å². The number of rotatable bonds is 6. The average molecular weight is 261 g/mol. The number of hydrogen-bond acceptors (Lipinski definition) is 3. The first-order valence-corrected chi connectivity index (χ1v) is 7.00. The Hall–Kier alpha value is -1.39. The van der Waals surface area contributed by atoms with Crippen molar-refractivity contribution in [2.45, 2.75) is 19.4 Å². The highest BCUT2D eigenvalue weighted by Gasteiger charge is 2.14. The van der Waals surface area contributed by atoms with E-state index in [0.717, 1.165) is 39.0 Å². The van der Waals surface area contributed by atoms with Crippen LogP contribution in [0.15, 0.2) is 24.3 Å². The van der Waals surface area contributed by atoms with Gasteiger partial charge >= 0.3 is 0 Å². The Morgan fingerprint density at radius 1 is 1.32 bits per heavy atom. The molecule has 2 rings (SSSR count). The molecule has 1 amide bonds. The molecule has 2 N–H and O–H groups in total. The number of carbonyl (C=O) groups is 1. The molecule has 0 radical (unpaired) electrons. The molecule has 0 saturated carbocycles. The zero-order valence-electron chi connectivity index (χ0n) is 11.6. The van der Waals surface area contributed by atoms with Gasteiger partial charge in [-0.15, -0.1) is 0 Å². The van der Waals surface area contributed by atoms with Gasteiger partial charge in [0.1, 0.15) is 0 Å². The Balaban J connectivity index is 1.67. The number of hydrogen-bond donors (Lipinski definition) is 2. The molecule has 0 saturated heterocycles. The van der Waals surface area contributed by atoms with Crippen molar-refractivity contribution < 1.29 is 4.79 Å². The summed E-state index contributed by atoms with van der Waals surface area (Å²) < 4.78 is 0. The molecule has 19 heavy (non-hydrogen) atoms. The molecule has 104 valence electrons. The van der Waals surface area contributed by atoms with Crippen LogP contribution in [-0.4, -0.2) is 44.0 Å². The number of likely N-dealkylation sites (N-methyl/N-ethyl adjacent to an activating group) is 1. The zero-order valence-corrected chi connectivity index (χ0v) is 11.6. The Labute approximate surface area is 115 Å². The minimum Gasteiger partial charge on any atom is -0.355 e. The van der Waals surface area contributed by atoms with Gasteiger partial charge in [-0.05, 0) is 31.0 Å². The number of fused-ring (bicyclic) bond motifs is 1. The number of nitrogens with one attached hydrogen (secondary N) is 2. The van der Waals surface area contributed by atoms with Gasteiger partial charge in [-0.2, -0.15) is 0 Å². The van der Waals surface area contributed by atoms with Crippen molar-refractivity contribution in [1.82, 2.24) is 15.5 Å². The van der Waals surface area contributed by atoms with Crippen LogP contribution in [0.4, 0.5) is 0 Å². The number of nitrogens with zero attached hydrogens (tertiary/aromatic N) is 1. The molecule has 4 nitrogen and oxygen atoms in total. The highest BCUT2D eigenvalue weighted by Crippen LogP contribution is 2.18. The van der Waals surface area contributed by atoms with Crippen LogP contribution in [0, 0.1) is 0 Å². The normalized spacial score (nSPS) is 15.0. The first kappa shape index (κ1) is 14.0. The lowest BCUT2D eigenvalue weighted by Gasteiger charge is -2.28. The number of benzene rings is 1. The van der Waals surface area contributed by atoms with Crippen LogP contribution in [0.1, 0.15) is 17.5 Å². The summed E-state index contributed by atoms with van der Waals surface area (Å²) in [7, 11) is 1.78. The van der Waals surface area contributed by atoms with E-state index in [2.05, 4.69) is 39.8 Å². The average Bonchev–Trinajstić information content (AvgIpc) is 2.44. The third-order valence-corrected chi connectivity index (χ3v) is 3.52. The maximum Gasteiger partial charge on any atom is 0.233 e. The predicted octanol–water partition coefficient (Wildman–Crippen LogP) is 0.770. The molecular formula is C15H23N3O. The van der Waals surface area contributed by atoms with Gasteiger partial charge in [0.15, 0.2) is 0 Å². The number of amides is 1. The monoisotopic (exact) mass is 261 g/mol. The molecule has 1 heterocycles. The summed E-state index contributed by atoms with van der Waals surface area (Å²) in [6.07, 6.45) is 2.15. The van der Waals surface area contributed by atoms with E-state index in [1.807, 2.05) is 0 Å². The van der Waals surface area contributed by atoms with Crippen molar-refractivity contribution in [2.24, 2.45) is 0 Å². The van der Waals surface area contributed by atoms with Crippen LogP contribution < -0.4 is 10.6 Å². The predicted molar refractivity (Wildman–Crippen MR) is 77.0 cm³/mol. The highest BCUT2D eigenvalue weighted by molar-refractivity contribution is 5.77. The van der Waals surface area contributed by atoms with Gasteiger partial charge in [0.05, 0.1) is 6.54 Å². The largest absolute Gasteiger partial charge is 0.355 e. The standard InChI is InChI=1S/C15H23N3O/c1-16-11-15(19)17-8-4-9-18-10-7-13-5-2-3-6-14(13)12-18/h2-3,5-6,16H,4,7-12H2,1H3,(H,17,19). The van der Waals surface area contributed by atoms with E-state index in [9.17, 15) is 4.79 Å². The molecule has 0 fully saturated rings. The molecule has 4 heteroatoms. The lowest BCUT2D eigenvalue weighted by molar-refractivity contribution is -0.120. The first-order chi connectivity index (χ1) is 9.29. The van der Waals surface area contributed by atoms with Gasteiger partial charge in [-0.25, -0.2) is 0 Å². The summed E-state index contributed by atoms with van der Waals surface area (Å²) >= 11 is 0. The van der Waals surface area contributed by atoms with Crippen LogP contribution in [0.3, 0.4) is 0 Å². The smallest absolute Gasteiger partial charge is 0.233 e.